The van der Waals surface area contributed by atoms with Crippen molar-refractivity contribution in [2.75, 3.05) is 24.3 Å². The van der Waals surface area contributed by atoms with Gasteiger partial charge in [-0.1, -0.05) is 48.2 Å². The van der Waals surface area contributed by atoms with E-state index in [-0.39, 0.29) is 24.6 Å². The van der Waals surface area contributed by atoms with Gasteiger partial charge in [-0.2, -0.15) is 0 Å². The number of carbonyl (C=O) groups is 2. The van der Waals surface area contributed by atoms with Gasteiger partial charge in [-0.25, -0.2) is 0 Å². The summed E-state index contributed by atoms with van der Waals surface area (Å²) in [5.74, 6) is 0.748. The summed E-state index contributed by atoms with van der Waals surface area (Å²) >= 11 is 1.29. The number of para-hydroxylation sites is 2. The van der Waals surface area contributed by atoms with Gasteiger partial charge in [0.1, 0.15) is 5.75 Å². The summed E-state index contributed by atoms with van der Waals surface area (Å²) in [6.07, 6.45) is 0.0514. The summed E-state index contributed by atoms with van der Waals surface area (Å²) < 4.78 is 7.26. The van der Waals surface area contributed by atoms with Crippen molar-refractivity contribution >= 4 is 29.3 Å². The predicted molar refractivity (Wildman–Crippen MR) is 121 cm³/mol. The molecule has 9 heteroatoms. The van der Waals surface area contributed by atoms with Crippen molar-refractivity contribution in [1.29, 1.82) is 0 Å². The van der Waals surface area contributed by atoms with Crippen LogP contribution in [0, 0.1) is 6.92 Å². The molecule has 162 valence electrons. The number of nitrogens with zero attached hydrogens (tertiary/aromatic N) is 4. The number of carbonyl (C=O) groups excluding carboxylic acids is 2. The Morgan fingerprint density at radius 2 is 1.84 bits per heavy atom. The van der Waals surface area contributed by atoms with E-state index < -0.39 is 5.91 Å². The molecule has 0 aliphatic heterocycles. The number of aromatic nitrogens is 3. The summed E-state index contributed by atoms with van der Waals surface area (Å²) in [6, 6.07) is 15.1. The smallest absolute Gasteiger partial charge is 0.237 e. The van der Waals surface area contributed by atoms with E-state index in [1.807, 2.05) is 54.9 Å². The zero-order valence-corrected chi connectivity index (χ0v) is 18.6. The van der Waals surface area contributed by atoms with E-state index >= 15 is 0 Å². The van der Waals surface area contributed by atoms with E-state index in [1.165, 1.54) is 23.8 Å². The molecule has 1 aromatic heterocycles. The number of benzene rings is 2. The van der Waals surface area contributed by atoms with Crippen LogP contribution >= 0.6 is 11.8 Å². The van der Waals surface area contributed by atoms with Crippen molar-refractivity contribution in [2.45, 2.75) is 18.5 Å². The molecule has 2 aromatic carbocycles. The van der Waals surface area contributed by atoms with Crippen LogP contribution in [0.2, 0.25) is 0 Å². The fourth-order valence-electron chi connectivity index (χ4n) is 3.16. The molecule has 2 amide bonds. The Bertz CT molecular complexity index is 1080. The summed E-state index contributed by atoms with van der Waals surface area (Å²) in [4.78, 5) is 25.9. The van der Waals surface area contributed by atoms with Crippen LogP contribution in [-0.2, 0) is 16.6 Å². The zero-order chi connectivity index (χ0) is 22.4. The molecule has 0 atom stereocenters. The molecule has 0 unspecified atom stereocenters. The first kappa shape index (κ1) is 22.4. The maximum Gasteiger partial charge on any atom is 0.237 e. The number of hydrogen-bond acceptors (Lipinski definition) is 6. The minimum atomic E-state index is -0.475. The average Bonchev–Trinajstić information content (AvgIpc) is 3.13. The highest BCUT2D eigenvalue weighted by Gasteiger charge is 2.21. The van der Waals surface area contributed by atoms with Gasteiger partial charge in [0.05, 0.1) is 18.6 Å². The van der Waals surface area contributed by atoms with Crippen LogP contribution in [0.5, 0.6) is 5.75 Å². The molecule has 31 heavy (non-hydrogen) atoms. The molecule has 0 aliphatic carbocycles. The van der Waals surface area contributed by atoms with Crippen molar-refractivity contribution < 1.29 is 14.3 Å². The number of rotatable bonds is 9. The highest BCUT2D eigenvalue weighted by atomic mass is 32.2. The van der Waals surface area contributed by atoms with Crippen LogP contribution in [0.4, 0.5) is 5.69 Å². The number of ether oxygens (including phenoxy) is 1. The summed E-state index contributed by atoms with van der Waals surface area (Å²) in [6.45, 7) is 2.19. The Hall–Kier alpha value is -3.33. The number of aryl methyl sites for hydroxylation is 1. The van der Waals surface area contributed by atoms with Gasteiger partial charge in [0.2, 0.25) is 11.8 Å². The monoisotopic (exact) mass is 439 g/mol. The summed E-state index contributed by atoms with van der Waals surface area (Å²) in [5, 5.41) is 9.18. The van der Waals surface area contributed by atoms with E-state index in [0.717, 1.165) is 17.0 Å². The highest BCUT2D eigenvalue weighted by Crippen LogP contribution is 2.30. The molecular weight excluding hydrogens is 414 g/mol. The van der Waals surface area contributed by atoms with E-state index in [9.17, 15) is 9.59 Å². The standard InChI is InChI=1S/C22H25N5O3S/c1-15-8-4-5-9-16(15)21-24-25-22(26(21)2)31-14-20(29)27(13-12-19(23)28)17-10-6-7-11-18(17)30-3/h4-11H,12-14H2,1-3H3,(H2,23,28). The number of hydrogen-bond donors (Lipinski definition) is 1. The van der Waals surface area contributed by atoms with Gasteiger partial charge in [0, 0.05) is 25.6 Å². The van der Waals surface area contributed by atoms with Gasteiger partial charge < -0.3 is 19.9 Å². The number of amides is 2. The Morgan fingerprint density at radius 1 is 1.13 bits per heavy atom. The maximum atomic E-state index is 13.1. The molecule has 8 nitrogen and oxygen atoms in total. The van der Waals surface area contributed by atoms with Gasteiger partial charge in [-0.3, -0.25) is 9.59 Å². The third-order valence-electron chi connectivity index (χ3n) is 4.80. The van der Waals surface area contributed by atoms with Crippen molar-refractivity contribution in [3.8, 4) is 17.1 Å². The minimum Gasteiger partial charge on any atom is -0.495 e. The molecule has 3 aromatic rings. The number of methoxy groups -OCH3 is 1. The van der Waals surface area contributed by atoms with Gasteiger partial charge in [-0.15, -0.1) is 10.2 Å². The molecule has 0 aliphatic rings. The van der Waals surface area contributed by atoms with Gasteiger partial charge in [0.25, 0.3) is 0 Å². The maximum absolute atomic E-state index is 13.1. The highest BCUT2D eigenvalue weighted by molar-refractivity contribution is 7.99. The van der Waals surface area contributed by atoms with Crippen LogP contribution in [0.3, 0.4) is 0 Å². The van der Waals surface area contributed by atoms with E-state index in [1.54, 1.807) is 12.1 Å². The fourth-order valence-corrected chi connectivity index (χ4v) is 3.94. The zero-order valence-electron chi connectivity index (χ0n) is 17.7. The Balaban J connectivity index is 1.78. The number of thioether (sulfide) groups is 1. The minimum absolute atomic E-state index is 0.0514. The first-order chi connectivity index (χ1) is 14.9. The van der Waals surface area contributed by atoms with E-state index in [4.69, 9.17) is 10.5 Å². The van der Waals surface area contributed by atoms with Crippen molar-refractivity contribution in [3.05, 3.63) is 54.1 Å². The molecule has 0 saturated carbocycles. The topological polar surface area (TPSA) is 103 Å². The third kappa shape index (κ3) is 5.24. The number of nitrogens with two attached hydrogens (primary N) is 1. The molecule has 0 fully saturated rings. The Kier molecular flexibility index (Phi) is 7.30. The van der Waals surface area contributed by atoms with E-state index in [0.29, 0.717) is 16.6 Å². The molecule has 3 rings (SSSR count). The molecule has 1 heterocycles. The number of anilines is 1. The second-order valence-electron chi connectivity index (χ2n) is 6.90. The quantitative estimate of drug-likeness (QED) is 0.514. The first-order valence-electron chi connectivity index (χ1n) is 9.72. The van der Waals surface area contributed by atoms with Crippen LogP contribution in [0.25, 0.3) is 11.4 Å². The molecule has 2 N–H and O–H groups in total. The normalized spacial score (nSPS) is 10.7. The van der Waals surface area contributed by atoms with Crippen molar-refractivity contribution in [2.24, 2.45) is 12.8 Å². The third-order valence-corrected chi connectivity index (χ3v) is 5.81. The molecule has 0 spiro atoms. The SMILES string of the molecule is COc1ccccc1N(CCC(N)=O)C(=O)CSc1nnc(-c2ccccc2C)n1C. The lowest BCUT2D eigenvalue weighted by Crippen LogP contribution is -2.35. The predicted octanol–water partition coefficient (Wildman–Crippen LogP) is 2.80. The molecule has 0 radical (unpaired) electrons. The number of primary amides is 1. The largest absolute Gasteiger partial charge is 0.495 e. The summed E-state index contributed by atoms with van der Waals surface area (Å²) in [7, 11) is 3.41. The van der Waals surface area contributed by atoms with Gasteiger partial charge in [-0.05, 0) is 24.6 Å². The van der Waals surface area contributed by atoms with Crippen molar-refractivity contribution in [1.82, 2.24) is 14.8 Å². The lowest BCUT2D eigenvalue weighted by atomic mass is 10.1. The van der Waals surface area contributed by atoms with Crippen LogP contribution in [0.15, 0.2) is 53.7 Å². The van der Waals surface area contributed by atoms with Gasteiger partial charge >= 0.3 is 0 Å². The lowest BCUT2D eigenvalue weighted by Gasteiger charge is -2.24. The molecule has 0 bridgehead atoms. The summed E-state index contributed by atoms with van der Waals surface area (Å²) in [5.41, 5.74) is 7.99. The fraction of sp³-hybridized carbons (Fsp3) is 0.273. The van der Waals surface area contributed by atoms with E-state index in [2.05, 4.69) is 10.2 Å². The second-order valence-corrected chi connectivity index (χ2v) is 7.84. The Labute approximate surface area is 185 Å². The lowest BCUT2D eigenvalue weighted by molar-refractivity contribution is -0.118. The average molecular weight is 440 g/mol. The van der Waals surface area contributed by atoms with Crippen LogP contribution in [-0.4, -0.2) is 46.0 Å². The van der Waals surface area contributed by atoms with Crippen LogP contribution < -0.4 is 15.4 Å². The first-order valence-corrected chi connectivity index (χ1v) is 10.7. The van der Waals surface area contributed by atoms with Gasteiger partial charge in [0.15, 0.2) is 11.0 Å². The second kappa shape index (κ2) is 10.1. The van der Waals surface area contributed by atoms with Crippen LogP contribution in [0.1, 0.15) is 12.0 Å². The Morgan fingerprint density at radius 3 is 2.55 bits per heavy atom. The molecule has 0 saturated heterocycles. The molecular formula is C22H25N5O3S. The van der Waals surface area contributed by atoms with Crippen molar-refractivity contribution in [3.63, 3.8) is 0 Å².